The number of aromatic amines is 1. The normalized spacial score (nSPS) is 10.9. The molecule has 0 aliphatic rings. The average Bonchev–Trinajstić information content (AvgIpc) is 3.21. The lowest BCUT2D eigenvalue weighted by Gasteiger charge is -2.16. The number of aromatic nitrogens is 5. The number of rotatable bonds is 7. The summed E-state index contributed by atoms with van der Waals surface area (Å²) in [7, 11) is 6.62. The molecule has 9 nitrogen and oxygen atoms in total. The molecule has 1 N–H and O–H groups in total. The van der Waals surface area contributed by atoms with Crippen molar-refractivity contribution in [1.29, 1.82) is 0 Å². The van der Waals surface area contributed by atoms with Crippen molar-refractivity contribution in [3.05, 3.63) is 47.9 Å². The molecule has 0 unspecified atom stereocenters. The lowest BCUT2D eigenvalue weighted by atomic mass is 10.1. The van der Waals surface area contributed by atoms with Crippen LogP contribution >= 0.6 is 0 Å². The molecule has 4 aromatic rings. The summed E-state index contributed by atoms with van der Waals surface area (Å²) in [6.07, 6.45) is 1.60. The summed E-state index contributed by atoms with van der Waals surface area (Å²) in [6.45, 7) is 2.55. The molecule has 0 bridgehead atoms. The second-order valence-corrected chi connectivity index (χ2v) is 7.07. The highest BCUT2D eigenvalue weighted by atomic mass is 16.5. The van der Waals surface area contributed by atoms with E-state index in [2.05, 4.69) is 20.2 Å². The summed E-state index contributed by atoms with van der Waals surface area (Å²) in [4.78, 5) is 14.6. The largest absolute Gasteiger partial charge is 0.493 e. The van der Waals surface area contributed by atoms with Gasteiger partial charge in [-0.3, -0.25) is 0 Å². The van der Waals surface area contributed by atoms with Gasteiger partial charge in [-0.2, -0.15) is 5.10 Å². The number of imidazole rings is 1. The third-order valence-electron chi connectivity index (χ3n) is 5.00. The minimum absolute atomic E-state index is 0.475. The molecule has 31 heavy (non-hydrogen) atoms. The van der Waals surface area contributed by atoms with E-state index in [1.54, 1.807) is 27.5 Å². The van der Waals surface area contributed by atoms with Crippen LogP contribution in [0.25, 0.3) is 22.3 Å². The van der Waals surface area contributed by atoms with Crippen molar-refractivity contribution < 1.29 is 14.2 Å². The monoisotopic (exact) mass is 420 g/mol. The molecule has 0 spiro atoms. The van der Waals surface area contributed by atoms with Crippen LogP contribution in [-0.2, 0) is 6.54 Å². The smallest absolute Gasteiger partial charge is 0.246 e. The number of methoxy groups -OCH3 is 3. The zero-order valence-electron chi connectivity index (χ0n) is 18.1. The fraction of sp³-hybridized carbons (Fsp3) is 0.273. The zero-order chi connectivity index (χ0) is 22.0. The summed E-state index contributed by atoms with van der Waals surface area (Å²) < 4.78 is 16.3. The Morgan fingerprint density at radius 2 is 1.74 bits per heavy atom. The van der Waals surface area contributed by atoms with Gasteiger partial charge in [0.25, 0.3) is 0 Å². The first-order valence-corrected chi connectivity index (χ1v) is 9.69. The minimum Gasteiger partial charge on any atom is -0.493 e. The fourth-order valence-corrected chi connectivity index (χ4v) is 3.42. The highest BCUT2D eigenvalue weighted by Gasteiger charge is 2.17. The number of hydrogen-bond acceptors (Lipinski definition) is 8. The lowest BCUT2D eigenvalue weighted by molar-refractivity contribution is 0.324. The van der Waals surface area contributed by atoms with E-state index in [-0.39, 0.29) is 0 Å². The molecule has 0 saturated heterocycles. The second kappa shape index (κ2) is 8.47. The van der Waals surface area contributed by atoms with E-state index >= 15 is 0 Å². The SMILES string of the molecule is COc1cc(-c2cnnc(N(C)Cc3nc4c(C)cccc4[nH]3)n2)cc(OC)c1OC. The van der Waals surface area contributed by atoms with Gasteiger partial charge in [0.05, 0.1) is 50.8 Å². The molecule has 0 atom stereocenters. The molecule has 0 saturated carbocycles. The van der Waals surface area contributed by atoms with Gasteiger partial charge in [-0.15, -0.1) is 5.10 Å². The van der Waals surface area contributed by atoms with E-state index in [0.29, 0.717) is 35.4 Å². The van der Waals surface area contributed by atoms with Crippen LogP contribution in [0.4, 0.5) is 5.95 Å². The Labute approximate surface area is 180 Å². The van der Waals surface area contributed by atoms with E-state index in [1.807, 2.05) is 49.2 Å². The Bertz CT molecular complexity index is 1200. The maximum absolute atomic E-state index is 5.44. The van der Waals surface area contributed by atoms with Crippen LogP contribution in [0.5, 0.6) is 17.2 Å². The molecule has 2 aromatic heterocycles. The average molecular weight is 420 g/mol. The van der Waals surface area contributed by atoms with Crippen molar-refractivity contribution in [2.45, 2.75) is 13.5 Å². The molecule has 4 rings (SSSR count). The number of aryl methyl sites for hydroxylation is 1. The Kier molecular flexibility index (Phi) is 5.57. The van der Waals surface area contributed by atoms with Gasteiger partial charge in [0.15, 0.2) is 11.5 Å². The summed E-state index contributed by atoms with van der Waals surface area (Å²) in [5.41, 5.74) is 4.52. The predicted molar refractivity (Wildman–Crippen MR) is 118 cm³/mol. The number of benzene rings is 2. The number of H-pyrrole nitrogens is 1. The maximum Gasteiger partial charge on any atom is 0.246 e. The standard InChI is InChI=1S/C22H24N6O3/c1-13-7-6-8-15-20(13)26-19(24-15)12-28(2)22-25-16(11-23-27-22)14-9-17(29-3)21(31-5)18(10-14)30-4/h6-11H,12H2,1-5H3,(H,24,26). The van der Waals surface area contributed by atoms with E-state index in [1.165, 1.54) is 0 Å². The van der Waals surface area contributed by atoms with Crippen molar-refractivity contribution in [2.75, 3.05) is 33.3 Å². The van der Waals surface area contributed by atoms with Crippen molar-refractivity contribution in [3.8, 4) is 28.5 Å². The summed E-state index contributed by atoms with van der Waals surface area (Å²) in [6, 6.07) is 9.73. The second-order valence-electron chi connectivity index (χ2n) is 7.07. The number of hydrogen-bond donors (Lipinski definition) is 1. The van der Waals surface area contributed by atoms with Gasteiger partial charge < -0.3 is 24.1 Å². The summed E-state index contributed by atoms with van der Waals surface area (Å²) >= 11 is 0. The first kappa shape index (κ1) is 20.4. The highest BCUT2D eigenvalue weighted by molar-refractivity contribution is 5.78. The lowest BCUT2D eigenvalue weighted by Crippen LogP contribution is -2.20. The van der Waals surface area contributed by atoms with Gasteiger partial charge in [0.2, 0.25) is 11.7 Å². The minimum atomic E-state index is 0.475. The van der Waals surface area contributed by atoms with E-state index in [9.17, 15) is 0 Å². The summed E-state index contributed by atoms with van der Waals surface area (Å²) in [5.74, 6) is 2.91. The Morgan fingerprint density at radius 1 is 1.00 bits per heavy atom. The Hall–Kier alpha value is -3.88. The van der Waals surface area contributed by atoms with E-state index in [0.717, 1.165) is 28.0 Å². The van der Waals surface area contributed by atoms with Gasteiger partial charge in [-0.1, -0.05) is 12.1 Å². The van der Waals surface area contributed by atoms with Gasteiger partial charge in [0, 0.05) is 12.6 Å². The molecule has 0 amide bonds. The maximum atomic E-state index is 5.44. The van der Waals surface area contributed by atoms with Crippen molar-refractivity contribution >= 4 is 17.0 Å². The van der Waals surface area contributed by atoms with Crippen molar-refractivity contribution in [2.24, 2.45) is 0 Å². The molecule has 0 fully saturated rings. The van der Waals surface area contributed by atoms with Crippen molar-refractivity contribution in [3.63, 3.8) is 0 Å². The Balaban J connectivity index is 1.64. The van der Waals surface area contributed by atoms with Crippen LogP contribution in [0, 0.1) is 6.92 Å². The van der Waals surface area contributed by atoms with Gasteiger partial charge in [-0.25, -0.2) is 9.97 Å². The molecule has 0 aliphatic carbocycles. The third kappa shape index (κ3) is 3.94. The molecule has 160 valence electrons. The third-order valence-corrected chi connectivity index (χ3v) is 5.00. The van der Waals surface area contributed by atoms with E-state index in [4.69, 9.17) is 19.2 Å². The summed E-state index contributed by atoms with van der Waals surface area (Å²) in [5, 5.41) is 8.32. The first-order chi connectivity index (χ1) is 15.0. The van der Waals surface area contributed by atoms with Crippen LogP contribution in [0.1, 0.15) is 11.4 Å². The van der Waals surface area contributed by atoms with Crippen LogP contribution in [0.3, 0.4) is 0 Å². The first-order valence-electron chi connectivity index (χ1n) is 9.69. The molecule has 0 radical (unpaired) electrons. The molecular formula is C22H24N6O3. The van der Waals surface area contributed by atoms with Crippen LogP contribution in [0.2, 0.25) is 0 Å². The molecule has 2 aromatic carbocycles. The molecule has 2 heterocycles. The molecule has 0 aliphatic heterocycles. The molecular weight excluding hydrogens is 396 g/mol. The van der Waals surface area contributed by atoms with Gasteiger partial charge in [-0.05, 0) is 30.7 Å². The van der Waals surface area contributed by atoms with E-state index < -0.39 is 0 Å². The number of anilines is 1. The highest BCUT2D eigenvalue weighted by Crippen LogP contribution is 2.40. The number of nitrogens with zero attached hydrogens (tertiary/aromatic N) is 5. The number of nitrogens with one attached hydrogen (secondary N) is 1. The van der Waals surface area contributed by atoms with Crippen molar-refractivity contribution in [1.82, 2.24) is 25.1 Å². The predicted octanol–water partition coefficient (Wildman–Crippen LogP) is 3.39. The molecule has 9 heteroatoms. The van der Waals surface area contributed by atoms with Gasteiger partial charge in [0.1, 0.15) is 5.82 Å². The number of para-hydroxylation sites is 1. The van der Waals surface area contributed by atoms with Crippen LogP contribution in [-0.4, -0.2) is 53.5 Å². The number of fused-ring (bicyclic) bond motifs is 1. The Morgan fingerprint density at radius 3 is 2.39 bits per heavy atom. The van der Waals surface area contributed by atoms with Gasteiger partial charge >= 0.3 is 0 Å². The zero-order valence-corrected chi connectivity index (χ0v) is 18.1. The quantitative estimate of drug-likeness (QED) is 0.486. The fourth-order valence-electron chi connectivity index (χ4n) is 3.42. The topological polar surface area (TPSA) is 98.3 Å². The van der Waals surface area contributed by atoms with Crippen LogP contribution < -0.4 is 19.1 Å². The van der Waals surface area contributed by atoms with Crippen LogP contribution in [0.15, 0.2) is 36.5 Å². The number of ether oxygens (including phenoxy) is 3.